The van der Waals surface area contributed by atoms with Crippen molar-refractivity contribution in [2.45, 2.75) is 12.3 Å². The smallest absolute Gasteiger partial charge is 0.251 e. The van der Waals surface area contributed by atoms with E-state index in [1.54, 1.807) is 10.6 Å². The highest BCUT2D eigenvalue weighted by Crippen LogP contribution is 2.40. The molecule has 0 bridgehead atoms. The molecule has 4 heteroatoms. The Morgan fingerprint density at radius 1 is 0.812 bits per heavy atom. The lowest BCUT2D eigenvalue weighted by Crippen LogP contribution is -2.26. The Kier molecular flexibility index (Phi) is 4.78. The van der Waals surface area contributed by atoms with Gasteiger partial charge in [0.15, 0.2) is 0 Å². The van der Waals surface area contributed by atoms with Gasteiger partial charge in [-0.25, -0.2) is 4.98 Å². The third-order valence-electron chi connectivity index (χ3n) is 6.48. The Hall–Kier alpha value is -3.92. The van der Waals surface area contributed by atoms with Crippen LogP contribution in [-0.4, -0.2) is 14.1 Å². The molecule has 32 heavy (non-hydrogen) atoms. The zero-order valence-electron chi connectivity index (χ0n) is 18.5. The molecule has 4 nitrogen and oxygen atoms in total. The van der Waals surface area contributed by atoms with E-state index in [4.69, 9.17) is 4.98 Å². The van der Waals surface area contributed by atoms with Crippen molar-refractivity contribution in [1.29, 1.82) is 0 Å². The number of aromatic nitrogens is 3. The summed E-state index contributed by atoms with van der Waals surface area (Å²) in [6.45, 7) is 2.22. The lowest BCUT2D eigenvalue weighted by molar-refractivity contribution is 0.670. The van der Waals surface area contributed by atoms with Gasteiger partial charge in [0.1, 0.15) is 0 Å². The molecule has 0 amide bonds. The van der Waals surface area contributed by atoms with E-state index in [1.807, 2.05) is 49.3 Å². The quantitative estimate of drug-likeness (QED) is 0.397. The highest BCUT2D eigenvalue weighted by Gasteiger charge is 2.33. The first kappa shape index (κ1) is 20.0. The summed E-state index contributed by atoms with van der Waals surface area (Å²) in [5.74, 6) is 0. The van der Waals surface area contributed by atoms with Crippen molar-refractivity contribution in [3.63, 3.8) is 0 Å². The Morgan fingerprint density at radius 3 is 2.16 bits per heavy atom. The maximum Gasteiger partial charge on any atom is 0.251 e. The second-order valence-corrected chi connectivity index (χ2v) is 8.47. The van der Waals surface area contributed by atoms with Gasteiger partial charge in [-0.3, -0.25) is 4.79 Å². The summed E-state index contributed by atoms with van der Waals surface area (Å²) in [5, 5.41) is 1.05. The van der Waals surface area contributed by atoms with E-state index in [2.05, 4.69) is 67.7 Å². The normalized spacial score (nSPS) is 13.2. The molecule has 0 spiro atoms. The summed E-state index contributed by atoms with van der Waals surface area (Å²) in [5.41, 5.74) is 5.72. The third kappa shape index (κ3) is 3.16. The summed E-state index contributed by atoms with van der Waals surface area (Å²) < 4.78 is 3.70. The number of benzene rings is 3. The zero-order chi connectivity index (χ0) is 22.3. The van der Waals surface area contributed by atoms with Gasteiger partial charge in [0.05, 0.1) is 23.0 Å². The standard InChI is InChI=1S/C28H25N3O/c1-28(21-12-8-5-9-13-21,26-18-30(2)19-29-26)22-14-15-25-24(16-22)23(17-27(32)31(25)3)20-10-6-4-7-11-20/h4-19H,1-3H3. The van der Waals surface area contributed by atoms with Crippen LogP contribution in [0.3, 0.4) is 0 Å². The van der Waals surface area contributed by atoms with Gasteiger partial charge < -0.3 is 9.13 Å². The molecule has 0 saturated heterocycles. The molecule has 0 radical (unpaired) electrons. The molecular weight excluding hydrogens is 394 g/mol. The van der Waals surface area contributed by atoms with Crippen LogP contribution in [-0.2, 0) is 19.5 Å². The molecule has 2 aromatic heterocycles. The molecule has 0 aliphatic rings. The molecule has 0 fully saturated rings. The van der Waals surface area contributed by atoms with Crippen LogP contribution in [0, 0.1) is 0 Å². The molecule has 1 atom stereocenters. The average molecular weight is 420 g/mol. The number of aryl methyl sites for hydroxylation is 2. The van der Waals surface area contributed by atoms with Gasteiger partial charge in [0.25, 0.3) is 5.56 Å². The molecule has 3 aromatic carbocycles. The Balaban J connectivity index is 1.83. The minimum Gasteiger partial charge on any atom is -0.340 e. The molecule has 2 heterocycles. The van der Waals surface area contributed by atoms with E-state index in [0.717, 1.165) is 33.3 Å². The molecule has 5 rings (SSSR count). The van der Waals surface area contributed by atoms with E-state index < -0.39 is 5.41 Å². The number of hydrogen-bond donors (Lipinski definition) is 0. The summed E-state index contributed by atoms with van der Waals surface area (Å²) in [6, 6.07) is 28.7. The molecule has 0 saturated carbocycles. The van der Waals surface area contributed by atoms with Crippen LogP contribution in [0.1, 0.15) is 23.7 Å². The van der Waals surface area contributed by atoms with Crippen LogP contribution in [0.5, 0.6) is 0 Å². The maximum atomic E-state index is 12.7. The summed E-state index contributed by atoms with van der Waals surface area (Å²) in [4.78, 5) is 17.4. The maximum absolute atomic E-state index is 12.7. The van der Waals surface area contributed by atoms with Crippen molar-refractivity contribution >= 4 is 10.9 Å². The van der Waals surface area contributed by atoms with Crippen LogP contribution in [0.15, 0.2) is 102 Å². The lowest BCUT2D eigenvalue weighted by atomic mass is 9.73. The fourth-order valence-electron chi connectivity index (χ4n) is 4.53. The highest BCUT2D eigenvalue weighted by atomic mass is 16.1. The van der Waals surface area contributed by atoms with Crippen LogP contribution >= 0.6 is 0 Å². The van der Waals surface area contributed by atoms with Crippen molar-refractivity contribution in [1.82, 2.24) is 14.1 Å². The van der Waals surface area contributed by atoms with Gasteiger partial charge in [0.2, 0.25) is 0 Å². The highest BCUT2D eigenvalue weighted by molar-refractivity contribution is 5.95. The zero-order valence-corrected chi connectivity index (χ0v) is 18.5. The Morgan fingerprint density at radius 2 is 1.50 bits per heavy atom. The predicted octanol–water partition coefficient (Wildman–Crippen LogP) is 5.29. The molecule has 158 valence electrons. The van der Waals surface area contributed by atoms with E-state index in [0.29, 0.717) is 0 Å². The molecule has 0 aliphatic carbocycles. The number of rotatable bonds is 4. The molecule has 5 aromatic rings. The van der Waals surface area contributed by atoms with Gasteiger partial charge in [-0.05, 0) is 41.3 Å². The van der Waals surface area contributed by atoms with E-state index >= 15 is 0 Å². The Bertz CT molecular complexity index is 1470. The van der Waals surface area contributed by atoms with Gasteiger partial charge in [-0.15, -0.1) is 0 Å². The van der Waals surface area contributed by atoms with Crippen LogP contribution in [0.4, 0.5) is 0 Å². The topological polar surface area (TPSA) is 39.8 Å². The first-order chi connectivity index (χ1) is 15.5. The summed E-state index contributed by atoms with van der Waals surface area (Å²) in [6.07, 6.45) is 3.92. The lowest BCUT2D eigenvalue weighted by Gasteiger charge is -2.30. The van der Waals surface area contributed by atoms with Gasteiger partial charge in [-0.1, -0.05) is 66.7 Å². The minimum absolute atomic E-state index is 0.0142. The third-order valence-corrected chi connectivity index (χ3v) is 6.48. The van der Waals surface area contributed by atoms with E-state index in [9.17, 15) is 4.79 Å². The summed E-state index contributed by atoms with van der Waals surface area (Å²) in [7, 11) is 3.82. The van der Waals surface area contributed by atoms with Gasteiger partial charge >= 0.3 is 0 Å². The molecule has 0 aliphatic heterocycles. The fourth-order valence-corrected chi connectivity index (χ4v) is 4.53. The van der Waals surface area contributed by atoms with Crippen molar-refractivity contribution in [2.24, 2.45) is 14.1 Å². The van der Waals surface area contributed by atoms with Crippen LogP contribution in [0.25, 0.3) is 22.0 Å². The summed E-state index contributed by atoms with van der Waals surface area (Å²) >= 11 is 0. The van der Waals surface area contributed by atoms with E-state index in [-0.39, 0.29) is 5.56 Å². The first-order valence-corrected chi connectivity index (χ1v) is 10.7. The SMILES string of the molecule is Cn1cnc(C(C)(c2ccccc2)c2ccc3c(c2)c(-c2ccccc2)cc(=O)n3C)c1. The van der Waals surface area contributed by atoms with Gasteiger partial charge in [0, 0.05) is 31.7 Å². The largest absolute Gasteiger partial charge is 0.340 e. The average Bonchev–Trinajstić information content (AvgIpc) is 3.28. The number of imidazole rings is 1. The number of pyridine rings is 1. The minimum atomic E-state index is -0.445. The van der Waals surface area contributed by atoms with Crippen LogP contribution in [0.2, 0.25) is 0 Å². The van der Waals surface area contributed by atoms with Crippen molar-refractivity contribution < 1.29 is 0 Å². The second-order valence-electron chi connectivity index (χ2n) is 8.47. The number of fused-ring (bicyclic) bond motifs is 1. The predicted molar refractivity (Wildman–Crippen MR) is 130 cm³/mol. The van der Waals surface area contributed by atoms with E-state index in [1.165, 1.54) is 5.56 Å². The first-order valence-electron chi connectivity index (χ1n) is 10.7. The van der Waals surface area contributed by atoms with Crippen molar-refractivity contribution in [3.05, 3.63) is 125 Å². The molecular formula is C28H25N3O. The molecule has 0 N–H and O–H groups in total. The monoisotopic (exact) mass is 419 g/mol. The Labute approximate surface area is 187 Å². The molecule has 1 unspecified atom stereocenters. The van der Waals surface area contributed by atoms with Gasteiger partial charge in [-0.2, -0.15) is 0 Å². The fraction of sp³-hybridized carbons (Fsp3) is 0.143. The second kappa shape index (κ2) is 7.65. The van der Waals surface area contributed by atoms with Crippen LogP contribution < -0.4 is 5.56 Å². The number of nitrogens with zero attached hydrogens (tertiary/aromatic N) is 3. The number of hydrogen-bond acceptors (Lipinski definition) is 2. The van der Waals surface area contributed by atoms with Crippen molar-refractivity contribution in [2.75, 3.05) is 0 Å². The van der Waals surface area contributed by atoms with Crippen molar-refractivity contribution in [3.8, 4) is 11.1 Å².